The number of fused-ring (bicyclic) bond motifs is 3. The number of hydrogen-bond donors (Lipinski definition) is 0. The fourth-order valence-electron chi connectivity index (χ4n) is 4.81. The standard InChI is InChI=1S/C24H26N4OS/c29-24(17-10-11-17)28-14-12-27(13-15-28)22-20-18-8-4-5-9-19(18)30-23(20)26-21(25-22)16-6-2-1-3-7-16/h1-3,6-7,17H,4-5,8-15H2. The van der Waals surface area contributed by atoms with Crippen molar-refractivity contribution in [2.75, 3.05) is 31.1 Å². The fourth-order valence-corrected chi connectivity index (χ4v) is 6.07. The highest BCUT2D eigenvalue weighted by Crippen LogP contribution is 2.41. The number of thiophene rings is 1. The molecule has 0 unspecified atom stereocenters. The minimum absolute atomic E-state index is 0.302. The van der Waals surface area contributed by atoms with E-state index in [1.807, 2.05) is 29.5 Å². The molecule has 1 saturated carbocycles. The zero-order valence-electron chi connectivity index (χ0n) is 17.1. The second kappa shape index (κ2) is 7.34. The van der Waals surface area contributed by atoms with Gasteiger partial charge in [0.05, 0.1) is 5.39 Å². The Morgan fingerprint density at radius 2 is 1.73 bits per heavy atom. The van der Waals surface area contributed by atoms with Gasteiger partial charge in [0, 0.05) is 42.5 Å². The van der Waals surface area contributed by atoms with Crippen LogP contribution in [0.1, 0.15) is 36.1 Å². The number of piperazine rings is 1. The fraction of sp³-hybridized carbons (Fsp3) is 0.458. The van der Waals surface area contributed by atoms with Crippen LogP contribution in [0, 0.1) is 5.92 Å². The third-order valence-electron chi connectivity index (χ3n) is 6.65. The number of anilines is 1. The highest BCUT2D eigenvalue weighted by atomic mass is 32.1. The summed E-state index contributed by atoms with van der Waals surface area (Å²) in [5.74, 6) is 2.56. The molecule has 2 aliphatic carbocycles. The smallest absolute Gasteiger partial charge is 0.225 e. The van der Waals surface area contributed by atoms with Gasteiger partial charge >= 0.3 is 0 Å². The van der Waals surface area contributed by atoms with E-state index in [1.165, 1.54) is 35.1 Å². The van der Waals surface area contributed by atoms with E-state index >= 15 is 0 Å². The number of benzene rings is 1. The molecule has 0 N–H and O–H groups in total. The van der Waals surface area contributed by atoms with Crippen LogP contribution in [0.3, 0.4) is 0 Å². The summed E-state index contributed by atoms with van der Waals surface area (Å²) in [6, 6.07) is 10.3. The van der Waals surface area contributed by atoms with Crippen LogP contribution in [0.25, 0.3) is 21.6 Å². The Balaban J connectivity index is 1.40. The minimum atomic E-state index is 0.302. The number of carbonyl (C=O) groups is 1. The molecule has 0 bridgehead atoms. The van der Waals surface area contributed by atoms with E-state index in [-0.39, 0.29) is 0 Å². The average Bonchev–Trinajstić information content (AvgIpc) is 3.59. The van der Waals surface area contributed by atoms with Crippen molar-refractivity contribution in [1.29, 1.82) is 0 Å². The predicted molar refractivity (Wildman–Crippen MR) is 121 cm³/mol. The van der Waals surface area contributed by atoms with Crippen LogP contribution in [-0.4, -0.2) is 47.0 Å². The van der Waals surface area contributed by atoms with E-state index in [4.69, 9.17) is 9.97 Å². The van der Waals surface area contributed by atoms with Gasteiger partial charge in [-0.2, -0.15) is 0 Å². The molecule has 1 aromatic carbocycles. The number of carbonyl (C=O) groups excluding carboxylic acids is 1. The molecular weight excluding hydrogens is 392 g/mol. The summed E-state index contributed by atoms with van der Waals surface area (Å²) in [5.41, 5.74) is 2.54. The molecule has 30 heavy (non-hydrogen) atoms. The summed E-state index contributed by atoms with van der Waals surface area (Å²) < 4.78 is 0. The third kappa shape index (κ3) is 3.18. The lowest BCUT2D eigenvalue weighted by Crippen LogP contribution is -2.49. The van der Waals surface area contributed by atoms with Crippen molar-refractivity contribution < 1.29 is 4.79 Å². The lowest BCUT2D eigenvalue weighted by molar-refractivity contribution is -0.132. The lowest BCUT2D eigenvalue weighted by Gasteiger charge is -2.36. The number of aromatic nitrogens is 2. The molecule has 1 saturated heterocycles. The van der Waals surface area contributed by atoms with Crippen molar-refractivity contribution in [2.24, 2.45) is 5.92 Å². The summed E-state index contributed by atoms with van der Waals surface area (Å²) in [6.07, 6.45) is 6.98. The summed E-state index contributed by atoms with van der Waals surface area (Å²) in [6.45, 7) is 3.30. The summed E-state index contributed by atoms with van der Waals surface area (Å²) in [7, 11) is 0. The number of amides is 1. The van der Waals surface area contributed by atoms with E-state index in [0.717, 1.165) is 67.5 Å². The molecule has 1 aliphatic heterocycles. The predicted octanol–water partition coefficient (Wildman–Crippen LogP) is 4.30. The first-order chi connectivity index (χ1) is 14.8. The highest BCUT2D eigenvalue weighted by Gasteiger charge is 2.35. The Labute approximate surface area is 180 Å². The third-order valence-corrected chi connectivity index (χ3v) is 7.83. The largest absolute Gasteiger partial charge is 0.352 e. The molecular formula is C24H26N4OS. The summed E-state index contributed by atoms with van der Waals surface area (Å²) in [5, 5.41) is 1.27. The molecule has 1 amide bonds. The molecule has 6 heteroatoms. The lowest BCUT2D eigenvalue weighted by atomic mass is 9.96. The quantitative estimate of drug-likeness (QED) is 0.636. The van der Waals surface area contributed by atoms with E-state index in [0.29, 0.717) is 11.8 Å². The van der Waals surface area contributed by atoms with Gasteiger partial charge in [-0.05, 0) is 44.1 Å². The Morgan fingerprint density at radius 1 is 0.967 bits per heavy atom. The molecule has 3 aromatic rings. The first-order valence-corrected chi connectivity index (χ1v) is 12.0. The molecule has 2 aromatic heterocycles. The van der Waals surface area contributed by atoms with Crippen molar-refractivity contribution >= 4 is 33.3 Å². The monoisotopic (exact) mass is 418 g/mol. The Morgan fingerprint density at radius 3 is 2.50 bits per heavy atom. The van der Waals surface area contributed by atoms with Gasteiger partial charge in [0.2, 0.25) is 5.91 Å². The summed E-state index contributed by atoms with van der Waals surface area (Å²) >= 11 is 1.86. The van der Waals surface area contributed by atoms with Crippen LogP contribution in [0.5, 0.6) is 0 Å². The SMILES string of the molecule is O=C(C1CC1)N1CCN(c2nc(-c3ccccc3)nc3sc4c(c23)CCCC4)CC1. The summed E-state index contributed by atoms with van der Waals surface area (Å²) in [4.78, 5) is 29.7. The van der Waals surface area contributed by atoms with Crippen LogP contribution < -0.4 is 4.90 Å². The van der Waals surface area contributed by atoms with Crippen molar-refractivity contribution in [3.63, 3.8) is 0 Å². The molecule has 3 heterocycles. The topological polar surface area (TPSA) is 49.3 Å². The number of rotatable bonds is 3. The Kier molecular flexibility index (Phi) is 4.48. The second-order valence-corrected chi connectivity index (χ2v) is 9.80. The second-order valence-electron chi connectivity index (χ2n) is 8.71. The molecule has 3 aliphatic rings. The van der Waals surface area contributed by atoms with Crippen LogP contribution in [0.15, 0.2) is 30.3 Å². The van der Waals surface area contributed by atoms with Gasteiger partial charge in [-0.15, -0.1) is 11.3 Å². The maximum absolute atomic E-state index is 12.5. The van der Waals surface area contributed by atoms with Crippen molar-refractivity contribution in [2.45, 2.75) is 38.5 Å². The first-order valence-electron chi connectivity index (χ1n) is 11.2. The van der Waals surface area contributed by atoms with E-state index in [2.05, 4.69) is 21.9 Å². The molecule has 0 radical (unpaired) electrons. The van der Waals surface area contributed by atoms with Crippen LogP contribution in [0.4, 0.5) is 5.82 Å². The van der Waals surface area contributed by atoms with Crippen LogP contribution >= 0.6 is 11.3 Å². The maximum atomic E-state index is 12.5. The van der Waals surface area contributed by atoms with Gasteiger partial charge in [-0.3, -0.25) is 4.79 Å². The zero-order chi connectivity index (χ0) is 20.1. The average molecular weight is 419 g/mol. The van der Waals surface area contributed by atoms with E-state index < -0.39 is 0 Å². The van der Waals surface area contributed by atoms with Gasteiger partial charge < -0.3 is 9.80 Å². The van der Waals surface area contributed by atoms with Gasteiger partial charge in [0.15, 0.2) is 5.82 Å². The van der Waals surface area contributed by atoms with Crippen LogP contribution in [-0.2, 0) is 17.6 Å². The zero-order valence-corrected chi connectivity index (χ0v) is 18.0. The van der Waals surface area contributed by atoms with Crippen LogP contribution in [0.2, 0.25) is 0 Å². The molecule has 5 nitrogen and oxygen atoms in total. The highest BCUT2D eigenvalue weighted by molar-refractivity contribution is 7.19. The molecule has 2 fully saturated rings. The van der Waals surface area contributed by atoms with Crippen molar-refractivity contribution in [3.8, 4) is 11.4 Å². The minimum Gasteiger partial charge on any atom is -0.352 e. The van der Waals surface area contributed by atoms with Gasteiger partial charge in [0.25, 0.3) is 0 Å². The van der Waals surface area contributed by atoms with Crippen molar-refractivity contribution in [3.05, 3.63) is 40.8 Å². The van der Waals surface area contributed by atoms with Gasteiger partial charge in [-0.25, -0.2) is 9.97 Å². The van der Waals surface area contributed by atoms with Gasteiger partial charge in [-0.1, -0.05) is 30.3 Å². The normalized spacial score (nSPS) is 19.2. The maximum Gasteiger partial charge on any atom is 0.225 e. The molecule has 154 valence electrons. The van der Waals surface area contributed by atoms with E-state index in [1.54, 1.807) is 0 Å². The van der Waals surface area contributed by atoms with E-state index in [9.17, 15) is 4.79 Å². The van der Waals surface area contributed by atoms with Crippen molar-refractivity contribution in [1.82, 2.24) is 14.9 Å². The Hall–Kier alpha value is -2.47. The number of nitrogens with zero attached hydrogens (tertiary/aromatic N) is 4. The first kappa shape index (κ1) is 18.3. The molecule has 6 rings (SSSR count). The number of hydrogen-bond acceptors (Lipinski definition) is 5. The Bertz CT molecular complexity index is 1100. The van der Waals surface area contributed by atoms with Gasteiger partial charge in [0.1, 0.15) is 10.6 Å². The molecule has 0 atom stereocenters. The molecule has 0 spiro atoms. The number of aryl methyl sites for hydroxylation is 2.